The van der Waals surface area contributed by atoms with Crippen LogP contribution in [0.3, 0.4) is 0 Å². The van der Waals surface area contributed by atoms with E-state index in [1.165, 1.54) is 0 Å². The summed E-state index contributed by atoms with van der Waals surface area (Å²) in [5.41, 5.74) is 7.13. The Morgan fingerprint density at radius 1 is 1.42 bits per heavy atom. The SMILES string of the molecule is Cc1c(N)cc(Br)cc1C(=O)NCCCC(F)(F)F. The fourth-order valence-corrected chi connectivity index (χ4v) is 2.00. The number of halogens is 4. The van der Waals surface area contributed by atoms with E-state index in [-0.39, 0.29) is 13.0 Å². The van der Waals surface area contributed by atoms with E-state index in [0.29, 0.717) is 21.3 Å². The van der Waals surface area contributed by atoms with E-state index in [1.54, 1.807) is 19.1 Å². The molecule has 0 fully saturated rings. The third-order valence-corrected chi connectivity index (χ3v) is 3.04. The number of hydrogen-bond donors (Lipinski definition) is 2. The van der Waals surface area contributed by atoms with Crippen LogP contribution in [0.4, 0.5) is 18.9 Å². The molecule has 0 unspecified atom stereocenters. The molecule has 3 nitrogen and oxygen atoms in total. The van der Waals surface area contributed by atoms with Gasteiger partial charge in [-0.15, -0.1) is 0 Å². The minimum absolute atomic E-state index is 0.0236. The number of alkyl halides is 3. The number of carbonyl (C=O) groups is 1. The summed E-state index contributed by atoms with van der Waals surface area (Å²) >= 11 is 3.21. The van der Waals surface area contributed by atoms with Crippen LogP contribution in [0.2, 0.25) is 0 Å². The number of nitrogens with two attached hydrogens (primary N) is 1. The van der Waals surface area contributed by atoms with Crippen molar-refractivity contribution in [3.05, 3.63) is 27.7 Å². The number of hydrogen-bond acceptors (Lipinski definition) is 2. The van der Waals surface area contributed by atoms with Gasteiger partial charge in [-0.2, -0.15) is 13.2 Å². The molecule has 3 N–H and O–H groups in total. The lowest BCUT2D eigenvalue weighted by Gasteiger charge is -2.11. The summed E-state index contributed by atoms with van der Waals surface area (Å²) < 4.78 is 36.5. The second-order valence-corrected chi connectivity index (χ2v) is 5.06. The first-order valence-corrected chi connectivity index (χ1v) is 6.40. The van der Waals surface area contributed by atoms with E-state index < -0.39 is 18.5 Å². The molecule has 0 aliphatic rings. The number of carbonyl (C=O) groups excluding carboxylic acids is 1. The maximum Gasteiger partial charge on any atom is 0.389 e. The molecular formula is C12H14BrF3N2O. The lowest BCUT2D eigenvalue weighted by Crippen LogP contribution is -2.26. The molecule has 1 amide bonds. The first-order chi connectivity index (χ1) is 8.70. The molecule has 0 saturated heterocycles. The van der Waals surface area contributed by atoms with Gasteiger partial charge in [0, 0.05) is 28.7 Å². The number of amides is 1. The highest BCUT2D eigenvalue weighted by molar-refractivity contribution is 9.10. The predicted octanol–water partition coefficient (Wildman–Crippen LogP) is 3.41. The molecule has 1 rings (SSSR count). The van der Waals surface area contributed by atoms with Crippen molar-refractivity contribution in [1.82, 2.24) is 5.32 Å². The monoisotopic (exact) mass is 338 g/mol. The molecule has 0 heterocycles. The van der Waals surface area contributed by atoms with Crippen molar-refractivity contribution in [3.63, 3.8) is 0 Å². The van der Waals surface area contributed by atoms with Crippen molar-refractivity contribution >= 4 is 27.5 Å². The van der Waals surface area contributed by atoms with Crippen LogP contribution in [-0.2, 0) is 0 Å². The molecule has 106 valence electrons. The standard InChI is InChI=1S/C12H14BrF3N2O/c1-7-9(5-8(13)6-10(7)17)11(19)18-4-2-3-12(14,15)16/h5-6H,2-4,17H2,1H3,(H,18,19). The summed E-state index contributed by atoms with van der Waals surface area (Å²) in [5.74, 6) is -0.423. The Bertz CT molecular complexity index is 475. The number of nitrogen functional groups attached to an aromatic ring is 1. The molecule has 0 aliphatic carbocycles. The molecule has 0 radical (unpaired) electrons. The van der Waals surface area contributed by atoms with Crippen LogP contribution in [-0.4, -0.2) is 18.6 Å². The number of rotatable bonds is 4. The van der Waals surface area contributed by atoms with Crippen LogP contribution in [0.15, 0.2) is 16.6 Å². The van der Waals surface area contributed by atoms with Crippen molar-refractivity contribution in [2.45, 2.75) is 25.9 Å². The fraction of sp³-hybridized carbons (Fsp3) is 0.417. The summed E-state index contributed by atoms with van der Waals surface area (Å²) in [6.07, 6.45) is -5.24. The van der Waals surface area contributed by atoms with Crippen LogP contribution < -0.4 is 11.1 Å². The Kier molecular flexibility index (Phi) is 5.22. The molecule has 7 heteroatoms. The van der Waals surface area contributed by atoms with Gasteiger partial charge in [-0.05, 0) is 31.0 Å². The smallest absolute Gasteiger partial charge is 0.389 e. The lowest BCUT2D eigenvalue weighted by molar-refractivity contribution is -0.135. The summed E-state index contributed by atoms with van der Waals surface area (Å²) in [5, 5.41) is 2.45. The van der Waals surface area contributed by atoms with Gasteiger partial charge >= 0.3 is 6.18 Å². The Balaban J connectivity index is 2.60. The maximum atomic E-state index is 11.9. The lowest BCUT2D eigenvalue weighted by atomic mass is 10.1. The van der Waals surface area contributed by atoms with Crippen LogP contribution >= 0.6 is 15.9 Å². The molecule has 0 atom stereocenters. The first kappa shape index (κ1) is 15.8. The second kappa shape index (κ2) is 6.27. The van der Waals surface area contributed by atoms with Crippen molar-refractivity contribution in [1.29, 1.82) is 0 Å². The highest BCUT2D eigenvalue weighted by Gasteiger charge is 2.26. The summed E-state index contributed by atoms with van der Waals surface area (Å²) in [6, 6.07) is 3.25. The molecule has 0 aliphatic heterocycles. The van der Waals surface area contributed by atoms with E-state index in [2.05, 4.69) is 21.2 Å². The molecule has 0 saturated carbocycles. The van der Waals surface area contributed by atoms with Gasteiger partial charge < -0.3 is 11.1 Å². The van der Waals surface area contributed by atoms with E-state index in [1.807, 2.05) is 0 Å². The minimum Gasteiger partial charge on any atom is -0.398 e. The van der Waals surface area contributed by atoms with Gasteiger partial charge in [0.05, 0.1) is 0 Å². The Labute approximate surface area is 117 Å². The van der Waals surface area contributed by atoms with Crippen molar-refractivity contribution in [3.8, 4) is 0 Å². The highest BCUT2D eigenvalue weighted by Crippen LogP contribution is 2.23. The summed E-state index contributed by atoms with van der Waals surface area (Å²) in [4.78, 5) is 11.8. The van der Waals surface area contributed by atoms with E-state index in [0.717, 1.165) is 0 Å². The first-order valence-electron chi connectivity index (χ1n) is 5.61. The highest BCUT2D eigenvalue weighted by atomic mass is 79.9. The van der Waals surface area contributed by atoms with Gasteiger partial charge in [0.2, 0.25) is 0 Å². The fourth-order valence-electron chi connectivity index (χ4n) is 1.52. The van der Waals surface area contributed by atoms with Crippen LogP contribution in [0.5, 0.6) is 0 Å². The Hall–Kier alpha value is -1.24. The Morgan fingerprint density at radius 2 is 2.05 bits per heavy atom. The maximum absolute atomic E-state index is 11.9. The molecular weight excluding hydrogens is 325 g/mol. The third-order valence-electron chi connectivity index (χ3n) is 2.58. The minimum atomic E-state index is -4.19. The molecule has 0 spiro atoms. The molecule has 0 bridgehead atoms. The average Bonchev–Trinajstić information content (AvgIpc) is 2.27. The Morgan fingerprint density at radius 3 is 2.63 bits per heavy atom. The summed E-state index contributed by atoms with van der Waals surface area (Å²) in [6.45, 7) is 1.66. The topological polar surface area (TPSA) is 55.1 Å². The van der Waals surface area contributed by atoms with Gasteiger partial charge in [-0.3, -0.25) is 4.79 Å². The normalized spacial score (nSPS) is 11.4. The molecule has 19 heavy (non-hydrogen) atoms. The van der Waals surface area contributed by atoms with Gasteiger partial charge in [0.25, 0.3) is 5.91 Å². The van der Waals surface area contributed by atoms with E-state index in [4.69, 9.17) is 5.73 Å². The van der Waals surface area contributed by atoms with Gasteiger partial charge in [-0.25, -0.2) is 0 Å². The van der Waals surface area contributed by atoms with Crippen LogP contribution in [0.25, 0.3) is 0 Å². The molecule has 1 aromatic carbocycles. The van der Waals surface area contributed by atoms with Crippen molar-refractivity contribution in [2.75, 3.05) is 12.3 Å². The molecule has 1 aromatic rings. The summed E-state index contributed by atoms with van der Waals surface area (Å²) in [7, 11) is 0. The number of benzene rings is 1. The van der Waals surface area contributed by atoms with Crippen LogP contribution in [0, 0.1) is 6.92 Å². The molecule has 0 aromatic heterocycles. The van der Waals surface area contributed by atoms with Crippen molar-refractivity contribution < 1.29 is 18.0 Å². The van der Waals surface area contributed by atoms with E-state index in [9.17, 15) is 18.0 Å². The van der Waals surface area contributed by atoms with Crippen LogP contribution in [0.1, 0.15) is 28.8 Å². The zero-order valence-corrected chi connectivity index (χ0v) is 11.9. The van der Waals surface area contributed by atoms with Crippen molar-refractivity contribution in [2.24, 2.45) is 0 Å². The zero-order chi connectivity index (χ0) is 14.6. The predicted molar refractivity (Wildman–Crippen MR) is 70.9 cm³/mol. The van der Waals surface area contributed by atoms with E-state index >= 15 is 0 Å². The number of nitrogens with one attached hydrogen (secondary N) is 1. The van der Waals surface area contributed by atoms with Gasteiger partial charge in [0.15, 0.2) is 0 Å². The zero-order valence-electron chi connectivity index (χ0n) is 10.3. The third kappa shape index (κ3) is 5.10. The number of anilines is 1. The quantitative estimate of drug-likeness (QED) is 0.652. The largest absolute Gasteiger partial charge is 0.398 e. The van der Waals surface area contributed by atoms with Gasteiger partial charge in [-0.1, -0.05) is 15.9 Å². The van der Waals surface area contributed by atoms with Gasteiger partial charge in [0.1, 0.15) is 0 Å². The second-order valence-electron chi connectivity index (χ2n) is 4.14. The average molecular weight is 339 g/mol.